The molecule has 4 fully saturated rings. The van der Waals surface area contributed by atoms with Crippen molar-refractivity contribution in [2.24, 2.45) is 0 Å². The van der Waals surface area contributed by atoms with Crippen LogP contribution < -0.4 is 19.6 Å². The number of benzene rings is 2. The Morgan fingerprint density at radius 2 is 0.723 bits per heavy atom. The van der Waals surface area contributed by atoms with Crippen molar-refractivity contribution in [2.45, 2.75) is 0 Å². The molecular weight excluding hydrogens is 984 g/mol. The van der Waals surface area contributed by atoms with Gasteiger partial charge in [0, 0.05) is 39.0 Å². The van der Waals surface area contributed by atoms with Gasteiger partial charge in [0.2, 0.25) is 13.3 Å². The fraction of sp³-hybridized carbons (Fsp3) is 0.105. The molecule has 0 bridgehead atoms. The van der Waals surface area contributed by atoms with Gasteiger partial charge in [-0.05, 0) is 140 Å². The predicted molar refractivity (Wildman–Crippen MR) is 203 cm³/mol. The van der Waals surface area contributed by atoms with Gasteiger partial charge in [-0.1, -0.05) is 24.3 Å². The fourth-order valence-corrected chi connectivity index (χ4v) is 4.82. The van der Waals surface area contributed by atoms with Crippen LogP contribution in [0.4, 0.5) is 22.7 Å². The number of halogens is 2. The summed E-state index contributed by atoms with van der Waals surface area (Å²) in [6.45, 7) is 8.41. The van der Waals surface area contributed by atoms with Crippen molar-refractivity contribution in [3.05, 3.63) is 189 Å². The molecule has 2 aromatic carbocycles. The molecule has 0 N–H and O–H groups in total. The van der Waals surface area contributed by atoms with E-state index in [1.807, 2.05) is 88.1 Å². The summed E-state index contributed by atoms with van der Waals surface area (Å²) in [5, 5.41) is 0. The molecule has 0 saturated heterocycles. The normalized spacial score (nSPS) is 19.6. The zero-order chi connectivity index (χ0) is 31.7. The summed E-state index contributed by atoms with van der Waals surface area (Å²) in [4.78, 5) is 8.39. The van der Waals surface area contributed by atoms with Crippen molar-refractivity contribution < 1.29 is 44.9 Å². The van der Waals surface area contributed by atoms with Crippen LogP contribution in [0.3, 0.4) is 0 Å². The Kier molecular flexibility index (Phi) is 24.0. The van der Waals surface area contributed by atoms with Gasteiger partial charge < -0.3 is 19.6 Å². The van der Waals surface area contributed by atoms with Crippen LogP contribution in [-0.2, 0) is 44.9 Å². The van der Waals surface area contributed by atoms with E-state index >= 15 is 0 Å². The third-order valence-corrected chi connectivity index (χ3v) is 6.87. The van der Waals surface area contributed by atoms with Crippen LogP contribution in [0.1, 0.15) is 0 Å². The van der Waals surface area contributed by atoms with E-state index in [2.05, 4.69) is 162 Å². The molecule has 24 radical (unpaired) electrons. The predicted octanol–water partition coefficient (Wildman–Crippen LogP) is 8.50. The molecule has 0 amide bonds. The van der Waals surface area contributed by atoms with Gasteiger partial charge in [0.15, 0.2) is 0 Å². The molecule has 47 heavy (non-hydrogen) atoms. The first-order valence-corrected chi connectivity index (χ1v) is 23.7. The Morgan fingerprint density at radius 3 is 1.00 bits per heavy atom. The van der Waals surface area contributed by atoms with Crippen LogP contribution in [0.15, 0.2) is 48.5 Å². The van der Waals surface area contributed by atoms with Gasteiger partial charge in [-0.15, -0.1) is 0 Å². The maximum atomic E-state index is 3.32. The average molecular weight is 1020 g/mol. The standard InChI is InChI=1S/2C14H13N2.2C5H5.2Fe.2HI.Pd/c2*1-15-11-16(10-12-6-2-3-7-12)14-9-5-4-8-13(14)15;2*1-2-4-5-3-1;;;;;/h2*2-9H,10H2,1H3;2*1-5H;;;2*1H;/q;;;;2*+2;;;+2/p-2. The minimum absolute atomic E-state index is 0. The maximum absolute atomic E-state index is 3.32. The third-order valence-electron chi connectivity index (χ3n) is 6.87. The number of hydrogen-bond acceptors (Lipinski definition) is 4. The number of nitrogens with zero attached hydrogens (tertiary/aromatic N) is 4. The second-order valence-electron chi connectivity index (χ2n) is 10.0. The monoisotopic (exact) mass is 1020 g/mol. The number of fused-ring (bicyclic) bond motifs is 2. The van der Waals surface area contributed by atoms with Crippen LogP contribution >= 0.6 is 39.0 Å². The van der Waals surface area contributed by atoms with Crippen LogP contribution in [0.2, 0.25) is 0 Å². The van der Waals surface area contributed by atoms with Crippen molar-refractivity contribution in [3.8, 4) is 0 Å². The fourth-order valence-electron chi connectivity index (χ4n) is 4.82. The molecule has 8 rings (SSSR count). The molecule has 0 spiro atoms. The van der Waals surface area contributed by atoms with Crippen LogP contribution in [-0.4, -0.2) is 27.2 Å². The number of para-hydroxylation sites is 4. The summed E-state index contributed by atoms with van der Waals surface area (Å²) >= 11 is 4.65. The van der Waals surface area contributed by atoms with Gasteiger partial charge in [0.1, 0.15) is 0 Å². The summed E-state index contributed by atoms with van der Waals surface area (Å²) in [7, 11) is 4.95. The van der Waals surface area contributed by atoms with E-state index in [1.165, 1.54) is 34.6 Å². The van der Waals surface area contributed by atoms with Crippen LogP contribution in [0.25, 0.3) is 0 Å². The second kappa shape index (κ2) is 25.7. The topological polar surface area (TPSA) is 13.0 Å². The van der Waals surface area contributed by atoms with Gasteiger partial charge in [-0.2, -0.15) is 0 Å². The van der Waals surface area contributed by atoms with E-state index in [9.17, 15) is 0 Å². The summed E-state index contributed by atoms with van der Waals surface area (Å²) in [6.07, 6.45) is 36.8. The van der Waals surface area contributed by atoms with Crippen molar-refractivity contribution in [1.82, 2.24) is 0 Å². The molecule has 2 heterocycles. The quantitative estimate of drug-likeness (QED) is 0.225. The third kappa shape index (κ3) is 15.1. The molecule has 2 aromatic rings. The zero-order valence-electron chi connectivity index (χ0n) is 26.0. The zero-order valence-corrected chi connectivity index (χ0v) is 34.1. The van der Waals surface area contributed by atoms with E-state index < -0.39 is 0 Å². The first-order chi connectivity index (χ1) is 22.1. The number of anilines is 4. The van der Waals surface area contributed by atoms with Crippen LogP contribution in [0.5, 0.6) is 0 Å². The van der Waals surface area contributed by atoms with E-state index in [1.54, 1.807) is 0 Å². The number of hydrogen-bond donors (Lipinski definition) is 0. The van der Waals surface area contributed by atoms with Crippen molar-refractivity contribution in [2.75, 3.05) is 46.8 Å². The number of rotatable bonds is 4. The molecule has 0 unspecified atom stereocenters. The Hall–Kier alpha value is 0.801. The summed E-state index contributed by atoms with van der Waals surface area (Å²) in [5.74, 6) is 2.63. The van der Waals surface area contributed by atoms with Gasteiger partial charge >= 0.3 is 83.9 Å². The molecule has 6 aliphatic rings. The van der Waals surface area contributed by atoms with Gasteiger partial charge in [0.25, 0.3) is 0 Å². The first-order valence-electron chi connectivity index (χ1n) is 14.4. The Balaban J connectivity index is 0.000000231. The minimum atomic E-state index is 0. The molecule has 0 aromatic heterocycles. The molecular formula is C38H36Fe2I2N4Pd+4. The summed E-state index contributed by atoms with van der Waals surface area (Å²) < 4.78 is 0. The molecule has 4 saturated carbocycles. The van der Waals surface area contributed by atoms with Gasteiger partial charge in [-0.3, -0.25) is 0 Å². The molecule has 244 valence electrons. The van der Waals surface area contributed by atoms with Gasteiger partial charge in [-0.25, -0.2) is 0 Å². The Labute approximate surface area is 339 Å². The van der Waals surface area contributed by atoms with E-state index in [4.69, 9.17) is 0 Å². The molecule has 4 aliphatic carbocycles. The van der Waals surface area contributed by atoms with Crippen molar-refractivity contribution in [3.63, 3.8) is 0 Å². The second-order valence-corrected chi connectivity index (χ2v) is 22.0. The molecule has 2 aliphatic heterocycles. The SMILES string of the molecule is CN1[C]N(C[C]2[CH][CH][CH][CH]2)c2ccccc21.CN1[C]N(C[C]2[CH][CH][CH][CH]2)c2ccccc21.[CH]1[CH][CH][CH][CH]1.[CH]1[CH][CH][CH][CH]1.[Fe+2].[Fe+2].[I][Pd][I]. The molecule has 9 heteroatoms. The van der Waals surface area contributed by atoms with E-state index in [0.717, 1.165) is 23.8 Å². The van der Waals surface area contributed by atoms with E-state index in [-0.39, 0.29) is 34.1 Å². The van der Waals surface area contributed by atoms with Crippen LogP contribution in [0, 0.1) is 141 Å². The first kappa shape index (κ1) is 44.0. The summed E-state index contributed by atoms with van der Waals surface area (Å²) in [6, 6.07) is 16.8. The average Bonchev–Trinajstić information content (AvgIpc) is 3.90. The van der Waals surface area contributed by atoms with Gasteiger partial charge in [0.05, 0.1) is 22.7 Å². The van der Waals surface area contributed by atoms with E-state index in [0.29, 0.717) is 0 Å². The van der Waals surface area contributed by atoms with Crippen molar-refractivity contribution in [1.29, 1.82) is 0 Å². The molecule has 4 nitrogen and oxygen atoms in total. The Bertz CT molecular complexity index is 980. The Morgan fingerprint density at radius 1 is 0.468 bits per heavy atom. The van der Waals surface area contributed by atoms with Crippen molar-refractivity contribution >= 4 is 61.8 Å². The summed E-state index contributed by atoms with van der Waals surface area (Å²) in [5.41, 5.74) is 4.89. The molecule has 0 atom stereocenters.